The molecule has 0 fully saturated rings. The third kappa shape index (κ3) is 3.89. The fourth-order valence-corrected chi connectivity index (χ4v) is 2.41. The molecule has 0 unspecified atom stereocenters. The van der Waals surface area contributed by atoms with Crippen molar-refractivity contribution in [2.45, 2.75) is 11.4 Å². The van der Waals surface area contributed by atoms with Gasteiger partial charge in [-0.25, -0.2) is 17.9 Å². The number of pyridine rings is 1. The number of hydrogen-bond acceptors (Lipinski definition) is 4. The Hall–Kier alpha value is -2.19. The van der Waals surface area contributed by atoms with E-state index in [2.05, 4.69) is 0 Å². The van der Waals surface area contributed by atoms with E-state index >= 15 is 0 Å². The second kappa shape index (κ2) is 6.06. The van der Waals surface area contributed by atoms with Crippen LogP contribution in [0.3, 0.4) is 0 Å². The van der Waals surface area contributed by atoms with Gasteiger partial charge in [-0.15, -0.1) is 0 Å². The van der Waals surface area contributed by atoms with E-state index in [1.54, 1.807) is 18.3 Å². The van der Waals surface area contributed by atoms with Crippen LogP contribution in [0.4, 0.5) is 4.39 Å². The number of halogens is 1. The molecule has 0 amide bonds. The molecule has 0 radical (unpaired) electrons. The van der Waals surface area contributed by atoms with Crippen molar-refractivity contribution in [3.63, 3.8) is 0 Å². The minimum absolute atomic E-state index is 0.0398. The molecule has 21 heavy (non-hydrogen) atoms. The van der Waals surface area contributed by atoms with Crippen LogP contribution in [0.2, 0.25) is 0 Å². The minimum Gasteiger partial charge on any atom is -0.490 e. The zero-order chi connectivity index (χ0) is 15.5. The van der Waals surface area contributed by atoms with Crippen molar-refractivity contribution in [2.24, 2.45) is 5.14 Å². The lowest BCUT2D eigenvalue weighted by Crippen LogP contribution is -2.22. The van der Waals surface area contributed by atoms with E-state index in [1.165, 1.54) is 16.7 Å². The number of primary sulfonamides is 1. The molecule has 1 heterocycles. The monoisotopic (exact) mass is 312 g/mol. The van der Waals surface area contributed by atoms with Gasteiger partial charge in [0.15, 0.2) is 0 Å². The lowest BCUT2D eigenvalue weighted by molar-refractivity contribution is 0.288. The average molecular weight is 312 g/mol. The zero-order valence-electron chi connectivity index (χ0n) is 10.9. The number of hydrogen-bond donors (Lipinski definition) is 1. The third-order valence-corrected chi connectivity index (χ3v) is 3.63. The molecule has 8 heteroatoms. The Balaban J connectivity index is 2.14. The molecule has 0 spiro atoms. The van der Waals surface area contributed by atoms with Crippen LogP contribution in [-0.4, -0.2) is 19.6 Å². The summed E-state index contributed by atoms with van der Waals surface area (Å²) in [5, 5.41) is 5.00. The lowest BCUT2D eigenvalue weighted by Gasteiger charge is -2.11. The van der Waals surface area contributed by atoms with E-state index in [0.717, 1.165) is 12.1 Å². The highest BCUT2D eigenvalue weighted by Crippen LogP contribution is 2.23. The van der Waals surface area contributed by atoms with Gasteiger partial charge in [0.05, 0.1) is 6.54 Å². The van der Waals surface area contributed by atoms with Gasteiger partial charge in [0.2, 0.25) is 10.0 Å². The molecule has 112 valence electrons. The molecular formula is C13H13FN2O4S. The van der Waals surface area contributed by atoms with Crippen LogP contribution in [0.1, 0.15) is 0 Å². The Morgan fingerprint density at radius 3 is 2.67 bits per heavy atom. The van der Waals surface area contributed by atoms with Crippen LogP contribution in [0.25, 0.3) is 0 Å². The van der Waals surface area contributed by atoms with Gasteiger partial charge < -0.3 is 9.30 Å². The number of ether oxygens (including phenoxy) is 1. The Bertz CT molecular complexity index is 802. The number of aromatic nitrogens is 1. The summed E-state index contributed by atoms with van der Waals surface area (Å²) in [5.74, 6) is -0.784. The predicted molar refractivity (Wildman–Crippen MR) is 74.0 cm³/mol. The van der Waals surface area contributed by atoms with E-state index in [-0.39, 0.29) is 24.5 Å². The SMILES string of the molecule is NS(=O)(=O)c1cc(F)ccc1OCCn1ccccc1=O. The number of rotatable bonds is 5. The summed E-state index contributed by atoms with van der Waals surface area (Å²) in [4.78, 5) is 11.0. The molecule has 0 bridgehead atoms. The topological polar surface area (TPSA) is 91.4 Å². The van der Waals surface area contributed by atoms with Gasteiger partial charge in [-0.3, -0.25) is 4.79 Å². The van der Waals surface area contributed by atoms with Crippen LogP contribution >= 0.6 is 0 Å². The van der Waals surface area contributed by atoms with E-state index < -0.39 is 20.7 Å². The maximum atomic E-state index is 13.1. The molecule has 0 saturated heterocycles. The van der Waals surface area contributed by atoms with Gasteiger partial charge >= 0.3 is 0 Å². The van der Waals surface area contributed by atoms with Gasteiger partial charge in [-0.1, -0.05) is 6.07 Å². The van der Waals surface area contributed by atoms with E-state index in [1.807, 2.05) is 0 Å². The van der Waals surface area contributed by atoms with Crippen LogP contribution in [0, 0.1) is 5.82 Å². The normalized spacial score (nSPS) is 11.3. The quantitative estimate of drug-likeness (QED) is 0.880. The average Bonchev–Trinajstić information content (AvgIpc) is 2.41. The van der Waals surface area contributed by atoms with Crippen LogP contribution in [-0.2, 0) is 16.6 Å². The van der Waals surface area contributed by atoms with Gasteiger partial charge in [0.25, 0.3) is 5.56 Å². The molecule has 0 aliphatic rings. The second-order valence-corrected chi connectivity index (χ2v) is 5.75. The Kier molecular flexibility index (Phi) is 4.39. The smallest absolute Gasteiger partial charge is 0.250 e. The van der Waals surface area contributed by atoms with Gasteiger partial charge in [0.1, 0.15) is 23.1 Å². The molecule has 6 nitrogen and oxygen atoms in total. The van der Waals surface area contributed by atoms with Crippen molar-refractivity contribution in [3.05, 3.63) is 58.8 Å². The molecule has 2 rings (SSSR count). The first-order chi connectivity index (χ1) is 9.88. The highest BCUT2D eigenvalue weighted by atomic mass is 32.2. The molecule has 2 N–H and O–H groups in total. The van der Waals surface area contributed by atoms with Crippen molar-refractivity contribution in [1.82, 2.24) is 4.57 Å². The van der Waals surface area contributed by atoms with Crippen molar-refractivity contribution in [1.29, 1.82) is 0 Å². The lowest BCUT2D eigenvalue weighted by atomic mass is 10.3. The number of nitrogens with two attached hydrogens (primary N) is 1. The molecule has 0 saturated carbocycles. The molecule has 1 aromatic heterocycles. The van der Waals surface area contributed by atoms with Gasteiger partial charge in [0, 0.05) is 12.3 Å². The minimum atomic E-state index is -4.09. The van der Waals surface area contributed by atoms with Crippen molar-refractivity contribution >= 4 is 10.0 Å². The van der Waals surface area contributed by atoms with E-state index in [4.69, 9.17) is 9.88 Å². The summed E-state index contributed by atoms with van der Waals surface area (Å²) in [6.07, 6.45) is 1.58. The van der Waals surface area contributed by atoms with Crippen LogP contribution < -0.4 is 15.4 Å². The highest BCUT2D eigenvalue weighted by molar-refractivity contribution is 7.89. The summed E-state index contributed by atoms with van der Waals surface area (Å²) < 4.78 is 42.5. The Morgan fingerprint density at radius 1 is 1.24 bits per heavy atom. The summed E-state index contributed by atoms with van der Waals surface area (Å²) in [6, 6.07) is 7.74. The maximum absolute atomic E-state index is 13.1. The molecule has 0 aliphatic heterocycles. The summed E-state index contributed by atoms with van der Waals surface area (Å²) >= 11 is 0. The van der Waals surface area contributed by atoms with Crippen molar-refractivity contribution in [3.8, 4) is 5.75 Å². The van der Waals surface area contributed by atoms with Crippen LogP contribution in [0.15, 0.2) is 52.3 Å². The standard InChI is InChI=1S/C13H13FN2O4S/c14-10-4-5-11(12(9-10)21(15,18)19)20-8-7-16-6-2-1-3-13(16)17/h1-6,9H,7-8H2,(H2,15,18,19). The summed E-state index contributed by atoms with van der Waals surface area (Å²) in [5.41, 5.74) is -0.202. The van der Waals surface area contributed by atoms with Crippen molar-refractivity contribution < 1.29 is 17.5 Å². The molecule has 0 atom stereocenters. The van der Waals surface area contributed by atoms with Gasteiger partial charge in [-0.2, -0.15) is 0 Å². The van der Waals surface area contributed by atoms with E-state index in [9.17, 15) is 17.6 Å². The van der Waals surface area contributed by atoms with Crippen molar-refractivity contribution in [2.75, 3.05) is 6.61 Å². The highest BCUT2D eigenvalue weighted by Gasteiger charge is 2.16. The zero-order valence-corrected chi connectivity index (χ0v) is 11.7. The third-order valence-electron chi connectivity index (χ3n) is 2.70. The predicted octanol–water partition coefficient (Wildman–Crippen LogP) is 0.714. The fourth-order valence-electron chi connectivity index (χ4n) is 1.72. The molecule has 2 aromatic rings. The molecule has 0 aliphatic carbocycles. The van der Waals surface area contributed by atoms with Crippen LogP contribution in [0.5, 0.6) is 5.75 Å². The number of sulfonamides is 1. The Morgan fingerprint density at radius 2 is 2.00 bits per heavy atom. The van der Waals surface area contributed by atoms with Gasteiger partial charge in [-0.05, 0) is 24.3 Å². The summed E-state index contributed by atoms with van der Waals surface area (Å²) in [6.45, 7) is 0.263. The first-order valence-corrected chi connectivity index (χ1v) is 7.53. The van der Waals surface area contributed by atoms with E-state index in [0.29, 0.717) is 0 Å². The summed E-state index contributed by atoms with van der Waals surface area (Å²) in [7, 11) is -4.09. The second-order valence-electron chi connectivity index (χ2n) is 4.22. The first kappa shape index (κ1) is 15.2. The molecule has 1 aromatic carbocycles. The number of benzene rings is 1. The fraction of sp³-hybridized carbons (Fsp3) is 0.154. The number of nitrogens with zero attached hydrogens (tertiary/aromatic N) is 1. The largest absolute Gasteiger partial charge is 0.490 e. The Labute approximate surface area is 120 Å². The maximum Gasteiger partial charge on any atom is 0.250 e. The molecular weight excluding hydrogens is 299 g/mol. The first-order valence-electron chi connectivity index (χ1n) is 5.98.